The third kappa shape index (κ3) is 3.56. The zero-order valence-corrected chi connectivity index (χ0v) is 12.2. The van der Waals surface area contributed by atoms with Crippen molar-refractivity contribution in [3.63, 3.8) is 0 Å². The Morgan fingerprint density at radius 2 is 2.05 bits per heavy atom. The van der Waals surface area contributed by atoms with E-state index in [9.17, 15) is 9.18 Å². The molecule has 1 aromatic carbocycles. The number of aromatic nitrogens is 1. The van der Waals surface area contributed by atoms with Crippen LogP contribution in [0.25, 0.3) is 0 Å². The van der Waals surface area contributed by atoms with Crippen LogP contribution in [0.1, 0.15) is 29.8 Å². The number of hydrogen-bond acceptors (Lipinski definition) is 3. The molecule has 21 heavy (non-hydrogen) atoms. The second-order valence-electron chi connectivity index (χ2n) is 4.91. The van der Waals surface area contributed by atoms with E-state index in [1.165, 1.54) is 6.07 Å². The summed E-state index contributed by atoms with van der Waals surface area (Å²) in [7, 11) is 0. The molecule has 1 N–H and O–H groups in total. The highest BCUT2D eigenvalue weighted by Gasteiger charge is 2.16. The van der Waals surface area contributed by atoms with Crippen molar-refractivity contribution in [2.45, 2.75) is 26.9 Å². The molecule has 0 aliphatic rings. The molecule has 0 bridgehead atoms. The molecule has 0 fully saturated rings. The van der Waals surface area contributed by atoms with Gasteiger partial charge in [-0.25, -0.2) is 9.37 Å². The molecule has 1 amide bonds. The van der Waals surface area contributed by atoms with Gasteiger partial charge in [-0.15, -0.1) is 0 Å². The SMILES string of the molecule is Cc1cccc(C(=O)Nc2cccnc2OC(C)C)c1F. The summed E-state index contributed by atoms with van der Waals surface area (Å²) in [6.45, 7) is 5.34. The number of carbonyl (C=O) groups excluding carboxylic acids is 1. The molecular weight excluding hydrogens is 271 g/mol. The Balaban J connectivity index is 2.26. The number of ether oxygens (including phenoxy) is 1. The van der Waals surface area contributed by atoms with Gasteiger partial charge in [0, 0.05) is 6.20 Å². The Morgan fingerprint density at radius 1 is 1.29 bits per heavy atom. The lowest BCUT2D eigenvalue weighted by Gasteiger charge is -2.13. The maximum absolute atomic E-state index is 14.0. The van der Waals surface area contributed by atoms with E-state index >= 15 is 0 Å². The molecule has 0 aliphatic heterocycles. The van der Waals surface area contributed by atoms with Crippen molar-refractivity contribution in [2.24, 2.45) is 0 Å². The first kappa shape index (κ1) is 15.0. The van der Waals surface area contributed by atoms with Crippen molar-refractivity contribution in [3.8, 4) is 5.88 Å². The van der Waals surface area contributed by atoms with E-state index in [0.29, 0.717) is 17.1 Å². The molecule has 0 radical (unpaired) electrons. The number of rotatable bonds is 4. The Bertz CT molecular complexity index is 656. The molecule has 0 spiro atoms. The number of carbonyl (C=O) groups is 1. The van der Waals surface area contributed by atoms with Crippen molar-refractivity contribution in [2.75, 3.05) is 5.32 Å². The van der Waals surface area contributed by atoms with Gasteiger partial charge < -0.3 is 10.1 Å². The average molecular weight is 288 g/mol. The van der Waals surface area contributed by atoms with Gasteiger partial charge in [-0.3, -0.25) is 4.79 Å². The lowest BCUT2D eigenvalue weighted by molar-refractivity contribution is 0.102. The number of halogens is 1. The predicted octanol–water partition coefficient (Wildman–Crippen LogP) is 3.57. The van der Waals surface area contributed by atoms with Gasteiger partial charge in [0.2, 0.25) is 5.88 Å². The van der Waals surface area contributed by atoms with Crippen LogP contribution < -0.4 is 10.1 Å². The fourth-order valence-corrected chi connectivity index (χ4v) is 1.82. The van der Waals surface area contributed by atoms with E-state index in [4.69, 9.17) is 4.74 Å². The highest BCUT2D eigenvalue weighted by Crippen LogP contribution is 2.23. The van der Waals surface area contributed by atoms with E-state index in [1.807, 2.05) is 13.8 Å². The second-order valence-corrected chi connectivity index (χ2v) is 4.91. The van der Waals surface area contributed by atoms with E-state index < -0.39 is 11.7 Å². The third-order valence-corrected chi connectivity index (χ3v) is 2.80. The fraction of sp³-hybridized carbons (Fsp3) is 0.250. The van der Waals surface area contributed by atoms with E-state index in [0.717, 1.165) is 0 Å². The number of aryl methyl sites for hydroxylation is 1. The van der Waals surface area contributed by atoms with Crippen LogP contribution in [0.4, 0.5) is 10.1 Å². The molecule has 0 saturated carbocycles. The minimum absolute atomic E-state index is 0.00523. The van der Waals surface area contributed by atoms with Gasteiger partial charge in [0.1, 0.15) is 11.5 Å². The highest BCUT2D eigenvalue weighted by atomic mass is 19.1. The van der Waals surface area contributed by atoms with Gasteiger partial charge in [0.05, 0.1) is 11.7 Å². The minimum atomic E-state index is -0.530. The summed E-state index contributed by atoms with van der Waals surface area (Å²) >= 11 is 0. The summed E-state index contributed by atoms with van der Waals surface area (Å²) in [6, 6.07) is 8.04. The molecule has 1 aromatic heterocycles. The van der Waals surface area contributed by atoms with E-state index in [1.54, 1.807) is 37.4 Å². The van der Waals surface area contributed by atoms with Gasteiger partial charge in [0.15, 0.2) is 0 Å². The number of amides is 1. The van der Waals surface area contributed by atoms with Crippen LogP contribution >= 0.6 is 0 Å². The van der Waals surface area contributed by atoms with Crippen molar-refractivity contribution in [3.05, 3.63) is 53.5 Å². The standard InChI is InChI=1S/C16H17FN2O2/c1-10(2)21-16-13(8-5-9-18-16)19-15(20)12-7-4-6-11(3)14(12)17/h4-10H,1-3H3,(H,19,20). The average Bonchev–Trinajstić information content (AvgIpc) is 2.43. The summed E-state index contributed by atoms with van der Waals surface area (Å²) in [5, 5.41) is 2.63. The van der Waals surface area contributed by atoms with Crippen LogP contribution in [-0.4, -0.2) is 17.0 Å². The Morgan fingerprint density at radius 3 is 2.76 bits per heavy atom. The first-order chi connectivity index (χ1) is 9.99. The lowest BCUT2D eigenvalue weighted by atomic mass is 10.1. The maximum Gasteiger partial charge on any atom is 0.258 e. The van der Waals surface area contributed by atoms with Crippen LogP contribution in [0.5, 0.6) is 5.88 Å². The molecular formula is C16H17FN2O2. The van der Waals surface area contributed by atoms with Gasteiger partial charge >= 0.3 is 0 Å². The van der Waals surface area contributed by atoms with Crippen LogP contribution in [0.2, 0.25) is 0 Å². The summed E-state index contributed by atoms with van der Waals surface area (Å²) in [5.74, 6) is -0.739. The molecule has 0 aliphatic carbocycles. The van der Waals surface area contributed by atoms with E-state index in [2.05, 4.69) is 10.3 Å². The van der Waals surface area contributed by atoms with Crippen LogP contribution in [-0.2, 0) is 0 Å². The number of hydrogen-bond donors (Lipinski definition) is 1. The van der Waals surface area contributed by atoms with Crippen molar-refractivity contribution >= 4 is 11.6 Å². The number of benzene rings is 1. The largest absolute Gasteiger partial charge is 0.473 e. The lowest BCUT2D eigenvalue weighted by Crippen LogP contribution is -2.16. The molecule has 5 heteroatoms. The molecule has 0 saturated heterocycles. The van der Waals surface area contributed by atoms with Crippen molar-refractivity contribution in [1.82, 2.24) is 4.98 Å². The first-order valence-corrected chi connectivity index (χ1v) is 6.67. The highest BCUT2D eigenvalue weighted by molar-refractivity contribution is 6.05. The summed E-state index contributed by atoms with van der Waals surface area (Å²) in [6.07, 6.45) is 1.49. The normalized spacial score (nSPS) is 10.5. The second kappa shape index (κ2) is 6.35. The van der Waals surface area contributed by atoms with Gasteiger partial charge in [-0.2, -0.15) is 0 Å². The zero-order valence-electron chi connectivity index (χ0n) is 12.2. The van der Waals surface area contributed by atoms with E-state index in [-0.39, 0.29) is 11.7 Å². The quantitative estimate of drug-likeness (QED) is 0.935. The number of pyridine rings is 1. The Kier molecular flexibility index (Phi) is 4.52. The predicted molar refractivity (Wildman–Crippen MR) is 79.1 cm³/mol. The molecule has 110 valence electrons. The van der Waals surface area contributed by atoms with Crippen LogP contribution in [0.3, 0.4) is 0 Å². The van der Waals surface area contributed by atoms with Gasteiger partial charge in [-0.1, -0.05) is 12.1 Å². The Labute approximate surface area is 123 Å². The minimum Gasteiger partial charge on any atom is -0.473 e. The number of nitrogens with one attached hydrogen (secondary N) is 1. The fourth-order valence-electron chi connectivity index (χ4n) is 1.82. The van der Waals surface area contributed by atoms with Gasteiger partial charge in [0.25, 0.3) is 5.91 Å². The first-order valence-electron chi connectivity index (χ1n) is 6.67. The zero-order chi connectivity index (χ0) is 15.4. The topological polar surface area (TPSA) is 51.2 Å². The third-order valence-electron chi connectivity index (χ3n) is 2.80. The molecule has 1 heterocycles. The summed E-state index contributed by atoms with van der Waals surface area (Å²) in [5.41, 5.74) is 0.832. The smallest absolute Gasteiger partial charge is 0.258 e. The summed E-state index contributed by atoms with van der Waals surface area (Å²) in [4.78, 5) is 16.3. The molecule has 0 atom stereocenters. The van der Waals surface area contributed by atoms with Crippen LogP contribution in [0.15, 0.2) is 36.5 Å². The molecule has 2 rings (SSSR count). The number of nitrogens with zero attached hydrogens (tertiary/aromatic N) is 1. The molecule has 2 aromatic rings. The monoisotopic (exact) mass is 288 g/mol. The van der Waals surface area contributed by atoms with Crippen LogP contribution in [0, 0.1) is 12.7 Å². The van der Waals surface area contributed by atoms with Crippen molar-refractivity contribution in [1.29, 1.82) is 0 Å². The summed E-state index contributed by atoms with van der Waals surface area (Å²) < 4.78 is 19.5. The maximum atomic E-state index is 14.0. The Hall–Kier alpha value is -2.43. The molecule has 0 unspecified atom stereocenters. The van der Waals surface area contributed by atoms with Gasteiger partial charge in [-0.05, 0) is 44.5 Å². The van der Waals surface area contributed by atoms with Crippen molar-refractivity contribution < 1.29 is 13.9 Å². The molecule has 4 nitrogen and oxygen atoms in total. The number of anilines is 1.